The molecule has 0 saturated carbocycles. The van der Waals surface area contributed by atoms with Gasteiger partial charge in [0.2, 0.25) is 0 Å². The van der Waals surface area contributed by atoms with Crippen LogP contribution in [0.3, 0.4) is 0 Å². The predicted octanol–water partition coefficient (Wildman–Crippen LogP) is 1.42. The van der Waals surface area contributed by atoms with Crippen molar-refractivity contribution < 1.29 is 4.79 Å². The number of ketones is 1. The van der Waals surface area contributed by atoms with Crippen LogP contribution in [0, 0.1) is 0 Å². The number of carbonyl (C=O) groups is 1. The molecule has 94 valence electrons. The molecular formula is C14H17N3O. The van der Waals surface area contributed by atoms with Crippen molar-refractivity contribution in [3.05, 3.63) is 53.1 Å². The number of hydrogen-bond donors (Lipinski definition) is 2. The minimum Gasteiger partial charge on any atom is -0.392 e. The number of aryl methyl sites for hydroxylation is 1. The van der Waals surface area contributed by atoms with Crippen LogP contribution in [0.15, 0.2) is 41.9 Å². The van der Waals surface area contributed by atoms with Crippen LogP contribution in [0.1, 0.15) is 22.5 Å². The summed E-state index contributed by atoms with van der Waals surface area (Å²) >= 11 is 0. The van der Waals surface area contributed by atoms with Gasteiger partial charge < -0.3 is 10.6 Å². The summed E-state index contributed by atoms with van der Waals surface area (Å²) in [6.45, 7) is 0. The van der Waals surface area contributed by atoms with Crippen molar-refractivity contribution in [2.24, 2.45) is 0 Å². The van der Waals surface area contributed by atoms with Gasteiger partial charge in [0.15, 0.2) is 5.78 Å². The van der Waals surface area contributed by atoms with Crippen molar-refractivity contribution in [1.29, 1.82) is 0 Å². The molecule has 0 fully saturated rings. The van der Waals surface area contributed by atoms with Gasteiger partial charge in [-0.05, 0) is 31.1 Å². The summed E-state index contributed by atoms with van der Waals surface area (Å²) in [5, 5.41) is 6.00. The lowest BCUT2D eigenvalue weighted by molar-refractivity contribution is 0.102. The van der Waals surface area contributed by atoms with Crippen molar-refractivity contribution in [2.75, 3.05) is 14.1 Å². The molecule has 18 heavy (non-hydrogen) atoms. The minimum atomic E-state index is 0.0848. The Morgan fingerprint density at radius 1 is 1.39 bits per heavy atom. The van der Waals surface area contributed by atoms with Gasteiger partial charge in [0.05, 0.1) is 11.4 Å². The molecule has 0 saturated heterocycles. The summed E-state index contributed by atoms with van der Waals surface area (Å²) in [6.07, 6.45) is 7.03. The number of nitrogens with one attached hydrogen (secondary N) is 2. The molecule has 4 nitrogen and oxygen atoms in total. The number of carbonyl (C=O) groups excluding carboxylic acids is 1. The number of allylic oxidation sites excluding steroid dienone is 2. The highest BCUT2D eigenvalue weighted by atomic mass is 16.1. The molecule has 2 rings (SSSR count). The van der Waals surface area contributed by atoms with E-state index in [0.29, 0.717) is 0 Å². The standard InChI is InChI=1S/C14H17N3O/c1-15-9-11(16-2)8-10-5-6-13-12(14(10)18)4-3-7-17-13/h3-4,7-9,15-16H,5-6H2,1-2H3/b10-8+,11-9-. The number of aromatic nitrogens is 1. The number of nitrogens with zero attached hydrogens (tertiary/aromatic N) is 1. The van der Waals surface area contributed by atoms with E-state index >= 15 is 0 Å². The fourth-order valence-corrected chi connectivity index (χ4v) is 2.05. The van der Waals surface area contributed by atoms with Crippen molar-refractivity contribution >= 4 is 5.78 Å². The van der Waals surface area contributed by atoms with E-state index in [4.69, 9.17) is 0 Å². The molecule has 0 aromatic carbocycles. The van der Waals surface area contributed by atoms with Gasteiger partial charge in [-0.1, -0.05) is 0 Å². The van der Waals surface area contributed by atoms with Crippen LogP contribution in [-0.2, 0) is 6.42 Å². The SMILES string of the molecule is CN/C=C(/C=C1\CCc2ncccc2C1=O)NC. The highest BCUT2D eigenvalue weighted by molar-refractivity contribution is 6.10. The molecule has 0 unspecified atom stereocenters. The molecular weight excluding hydrogens is 226 g/mol. The van der Waals surface area contributed by atoms with Gasteiger partial charge in [0, 0.05) is 37.6 Å². The number of hydrogen-bond acceptors (Lipinski definition) is 4. The molecule has 1 heterocycles. The van der Waals surface area contributed by atoms with E-state index in [1.165, 1.54) is 0 Å². The Balaban J connectivity index is 2.32. The molecule has 1 aromatic rings. The van der Waals surface area contributed by atoms with Crippen LogP contribution >= 0.6 is 0 Å². The third kappa shape index (κ3) is 2.42. The molecule has 0 bridgehead atoms. The average Bonchev–Trinajstić information content (AvgIpc) is 2.41. The van der Waals surface area contributed by atoms with E-state index in [0.717, 1.165) is 35.4 Å². The molecule has 1 aromatic heterocycles. The second-order valence-electron chi connectivity index (χ2n) is 4.13. The Morgan fingerprint density at radius 3 is 2.94 bits per heavy atom. The Kier molecular flexibility index (Phi) is 3.77. The quantitative estimate of drug-likeness (QED) is 0.788. The Hall–Kier alpha value is -2.10. The average molecular weight is 243 g/mol. The minimum absolute atomic E-state index is 0.0848. The molecule has 4 heteroatoms. The molecule has 0 aliphatic heterocycles. The molecule has 1 aliphatic carbocycles. The maximum absolute atomic E-state index is 12.3. The summed E-state index contributed by atoms with van der Waals surface area (Å²) in [5.74, 6) is 0.0848. The first-order chi connectivity index (χ1) is 8.76. The topological polar surface area (TPSA) is 54.0 Å². The summed E-state index contributed by atoms with van der Waals surface area (Å²) in [4.78, 5) is 16.5. The number of Topliss-reactive ketones (excluding diaryl/α,β-unsaturated/α-hetero) is 1. The van der Waals surface area contributed by atoms with Gasteiger partial charge in [-0.15, -0.1) is 0 Å². The van der Waals surface area contributed by atoms with Gasteiger partial charge in [0.1, 0.15) is 0 Å². The molecule has 2 N–H and O–H groups in total. The van der Waals surface area contributed by atoms with Gasteiger partial charge in [-0.3, -0.25) is 9.78 Å². The fourth-order valence-electron chi connectivity index (χ4n) is 2.05. The van der Waals surface area contributed by atoms with Gasteiger partial charge in [0.25, 0.3) is 0 Å². The van der Waals surface area contributed by atoms with Gasteiger partial charge in [-0.25, -0.2) is 0 Å². The third-order valence-electron chi connectivity index (χ3n) is 2.98. The second kappa shape index (κ2) is 5.49. The zero-order valence-corrected chi connectivity index (χ0v) is 10.7. The van der Waals surface area contributed by atoms with Crippen LogP contribution in [0.4, 0.5) is 0 Å². The Labute approximate surface area is 107 Å². The predicted molar refractivity (Wildman–Crippen MR) is 71.2 cm³/mol. The number of pyridine rings is 1. The molecule has 0 amide bonds. The summed E-state index contributed by atoms with van der Waals surface area (Å²) in [5.41, 5.74) is 3.36. The fraction of sp³-hybridized carbons (Fsp3) is 0.286. The van der Waals surface area contributed by atoms with Crippen LogP contribution in [0.25, 0.3) is 0 Å². The van der Waals surface area contributed by atoms with E-state index in [1.54, 1.807) is 6.20 Å². The third-order valence-corrected chi connectivity index (χ3v) is 2.98. The Morgan fingerprint density at radius 2 is 2.22 bits per heavy atom. The van der Waals surface area contributed by atoms with Gasteiger partial charge in [-0.2, -0.15) is 0 Å². The highest BCUT2D eigenvalue weighted by Gasteiger charge is 2.22. The monoisotopic (exact) mass is 243 g/mol. The summed E-state index contributed by atoms with van der Waals surface area (Å²) in [6, 6.07) is 3.65. The second-order valence-corrected chi connectivity index (χ2v) is 4.13. The van der Waals surface area contributed by atoms with E-state index < -0.39 is 0 Å². The van der Waals surface area contributed by atoms with Crippen LogP contribution in [0.5, 0.6) is 0 Å². The van der Waals surface area contributed by atoms with Crippen molar-refractivity contribution in [2.45, 2.75) is 12.8 Å². The van der Waals surface area contributed by atoms with E-state index in [-0.39, 0.29) is 5.78 Å². The maximum atomic E-state index is 12.3. The largest absolute Gasteiger partial charge is 0.392 e. The maximum Gasteiger partial charge on any atom is 0.190 e. The summed E-state index contributed by atoms with van der Waals surface area (Å²) in [7, 11) is 3.67. The molecule has 0 spiro atoms. The van der Waals surface area contributed by atoms with E-state index in [1.807, 2.05) is 38.5 Å². The lowest BCUT2D eigenvalue weighted by Gasteiger charge is -2.16. The lowest BCUT2D eigenvalue weighted by atomic mass is 9.89. The summed E-state index contributed by atoms with van der Waals surface area (Å²) < 4.78 is 0. The van der Waals surface area contributed by atoms with Crippen LogP contribution in [0.2, 0.25) is 0 Å². The van der Waals surface area contributed by atoms with Crippen LogP contribution in [-0.4, -0.2) is 24.9 Å². The zero-order chi connectivity index (χ0) is 13.0. The smallest absolute Gasteiger partial charge is 0.190 e. The first kappa shape index (κ1) is 12.4. The zero-order valence-electron chi connectivity index (χ0n) is 10.7. The van der Waals surface area contributed by atoms with E-state index in [9.17, 15) is 4.79 Å². The van der Waals surface area contributed by atoms with Crippen molar-refractivity contribution in [1.82, 2.24) is 15.6 Å². The van der Waals surface area contributed by atoms with Crippen LogP contribution < -0.4 is 10.6 Å². The first-order valence-electron chi connectivity index (χ1n) is 6.00. The molecule has 0 radical (unpaired) electrons. The van der Waals surface area contributed by atoms with Crippen molar-refractivity contribution in [3.8, 4) is 0 Å². The number of fused-ring (bicyclic) bond motifs is 1. The van der Waals surface area contributed by atoms with Crippen molar-refractivity contribution in [3.63, 3.8) is 0 Å². The highest BCUT2D eigenvalue weighted by Crippen LogP contribution is 2.23. The number of likely N-dealkylation sites (N-methyl/N-ethyl adjacent to an activating group) is 1. The van der Waals surface area contributed by atoms with E-state index in [2.05, 4.69) is 15.6 Å². The Bertz CT molecular complexity index is 518. The van der Waals surface area contributed by atoms with Gasteiger partial charge >= 0.3 is 0 Å². The first-order valence-corrected chi connectivity index (χ1v) is 6.00. The lowest BCUT2D eigenvalue weighted by Crippen LogP contribution is -2.17. The normalized spacial score (nSPS) is 17.6. The molecule has 1 aliphatic rings. The number of rotatable bonds is 3. The molecule has 0 atom stereocenters.